The van der Waals surface area contributed by atoms with Crippen molar-refractivity contribution in [3.63, 3.8) is 0 Å². The smallest absolute Gasteiger partial charge is 0.322 e. The number of piperazine rings is 1. The number of hydrogen-bond acceptors (Lipinski definition) is 4. The summed E-state index contributed by atoms with van der Waals surface area (Å²) in [5.74, 6) is 0.0737. The maximum Gasteiger partial charge on any atom is 0.322 e. The standard InChI is InChI=1S/C11H16N2O3/c1-8-2-5-16-10(8)7-13-4-3-12-6-9(13)11(14)15/h2,5,9,12H,3-4,6-7H2,1H3,(H,14,15). The van der Waals surface area contributed by atoms with E-state index in [1.807, 2.05) is 17.9 Å². The van der Waals surface area contributed by atoms with Gasteiger partial charge in [0, 0.05) is 19.6 Å². The van der Waals surface area contributed by atoms with Crippen LogP contribution in [0.2, 0.25) is 0 Å². The summed E-state index contributed by atoms with van der Waals surface area (Å²) in [7, 11) is 0. The van der Waals surface area contributed by atoms with Crippen LogP contribution in [0.1, 0.15) is 11.3 Å². The van der Waals surface area contributed by atoms with E-state index in [-0.39, 0.29) is 0 Å². The molecule has 1 atom stereocenters. The Balaban J connectivity index is 2.07. The topological polar surface area (TPSA) is 65.7 Å². The number of carboxylic acids is 1. The molecule has 0 saturated carbocycles. The summed E-state index contributed by atoms with van der Waals surface area (Å²) in [4.78, 5) is 13.0. The third-order valence-electron chi connectivity index (χ3n) is 2.95. The fourth-order valence-electron chi connectivity index (χ4n) is 1.93. The predicted molar refractivity (Wildman–Crippen MR) is 58.1 cm³/mol. The first kappa shape index (κ1) is 11.2. The van der Waals surface area contributed by atoms with Crippen molar-refractivity contribution in [1.29, 1.82) is 0 Å². The molecule has 2 heterocycles. The molecule has 0 radical (unpaired) electrons. The van der Waals surface area contributed by atoms with Gasteiger partial charge in [0.05, 0.1) is 12.8 Å². The molecule has 1 fully saturated rings. The Morgan fingerprint density at radius 2 is 2.56 bits per heavy atom. The second-order valence-electron chi connectivity index (χ2n) is 4.06. The highest BCUT2D eigenvalue weighted by Gasteiger charge is 2.28. The van der Waals surface area contributed by atoms with E-state index in [0.717, 1.165) is 24.4 Å². The van der Waals surface area contributed by atoms with Crippen molar-refractivity contribution >= 4 is 5.97 Å². The van der Waals surface area contributed by atoms with Crippen molar-refractivity contribution in [3.8, 4) is 0 Å². The fourth-order valence-corrected chi connectivity index (χ4v) is 1.93. The van der Waals surface area contributed by atoms with Crippen LogP contribution in [-0.2, 0) is 11.3 Å². The SMILES string of the molecule is Cc1ccoc1CN1CCNCC1C(=O)O. The summed E-state index contributed by atoms with van der Waals surface area (Å²) in [6.45, 7) is 4.59. The van der Waals surface area contributed by atoms with E-state index in [1.54, 1.807) is 6.26 Å². The summed E-state index contributed by atoms with van der Waals surface area (Å²) >= 11 is 0. The molecule has 1 aliphatic rings. The highest BCUT2D eigenvalue weighted by molar-refractivity contribution is 5.73. The van der Waals surface area contributed by atoms with E-state index >= 15 is 0 Å². The Morgan fingerprint density at radius 1 is 1.75 bits per heavy atom. The lowest BCUT2D eigenvalue weighted by Crippen LogP contribution is -2.54. The van der Waals surface area contributed by atoms with E-state index in [2.05, 4.69) is 5.32 Å². The highest BCUT2D eigenvalue weighted by Crippen LogP contribution is 2.15. The molecule has 88 valence electrons. The molecule has 5 heteroatoms. The van der Waals surface area contributed by atoms with E-state index in [9.17, 15) is 4.79 Å². The maximum atomic E-state index is 11.1. The molecule has 5 nitrogen and oxygen atoms in total. The molecule has 1 unspecified atom stereocenters. The molecule has 0 spiro atoms. The number of aliphatic carboxylic acids is 1. The number of aryl methyl sites for hydroxylation is 1. The van der Waals surface area contributed by atoms with Crippen LogP contribution in [0.4, 0.5) is 0 Å². The van der Waals surface area contributed by atoms with Crippen LogP contribution in [0.25, 0.3) is 0 Å². The lowest BCUT2D eigenvalue weighted by atomic mass is 10.1. The van der Waals surface area contributed by atoms with Crippen molar-refractivity contribution in [2.45, 2.75) is 19.5 Å². The Morgan fingerprint density at radius 3 is 3.19 bits per heavy atom. The number of carbonyl (C=O) groups is 1. The summed E-state index contributed by atoms with van der Waals surface area (Å²) in [6, 6.07) is 1.44. The molecule has 0 aliphatic carbocycles. The van der Waals surface area contributed by atoms with Crippen LogP contribution < -0.4 is 5.32 Å². The molecule has 1 aromatic heterocycles. The quantitative estimate of drug-likeness (QED) is 0.780. The summed E-state index contributed by atoms with van der Waals surface area (Å²) < 4.78 is 5.34. The zero-order chi connectivity index (χ0) is 11.5. The minimum atomic E-state index is -0.781. The number of carboxylic acid groups (broad SMARTS) is 1. The average molecular weight is 224 g/mol. The van der Waals surface area contributed by atoms with Crippen LogP contribution >= 0.6 is 0 Å². The minimum absolute atomic E-state index is 0.460. The first-order valence-electron chi connectivity index (χ1n) is 5.39. The normalized spacial score (nSPS) is 22.2. The zero-order valence-electron chi connectivity index (χ0n) is 9.27. The molecule has 2 rings (SSSR count). The summed E-state index contributed by atoms with van der Waals surface area (Å²) in [5, 5.41) is 12.2. The highest BCUT2D eigenvalue weighted by atomic mass is 16.4. The lowest BCUT2D eigenvalue weighted by Gasteiger charge is -2.32. The third-order valence-corrected chi connectivity index (χ3v) is 2.95. The molecule has 0 aromatic carbocycles. The number of hydrogen-bond donors (Lipinski definition) is 2. The van der Waals surface area contributed by atoms with Gasteiger partial charge in [-0.05, 0) is 18.6 Å². The summed E-state index contributed by atoms with van der Waals surface area (Å²) in [5.41, 5.74) is 1.07. The zero-order valence-corrected chi connectivity index (χ0v) is 9.27. The van der Waals surface area contributed by atoms with Gasteiger partial charge in [0.1, 0.15) is 11.8 Å². The van der Waals surface area contributed by atoms with Crippen LogP contribution in [0, 0.1) is 6.92 Å². The monoisotopic (exact) mass is 224 g/mol. The fraction of sp³-hybridized carbons (Fsp3) is 0.545. The molecule has 0 amide bonds. The van der Waals surface area contributed by atoms with Gasteiger partial charge in [0.25, 0.3) is 0 Å². The first-order chi connectivity index (χ1) is 7.68. The largest absolute Gasteiger partial charge is 0.480 e. The second-order valence-corrected chi connectivity index (χ2v) is 4.06. The van der Waals surface area contributed by atoms with Crippen molar-refractivity contribution < 1.29 is 14.3 Å². The average Bonchev–Trinajstić information content (AvgIpc) is 2.65. The van der Waals surface area contributed by atoms with E-state index in [1.165, 1.54) is 0 Å². The molecular weight excluding hydrogens is 208 g/mol. The van der Waals surface area contributed by atoms with Gasteiger partial charge in [0.2, 0.25) is 0 Å². The van der Waals surface area contributed by atoms with E-state index < -0.39 is 12.0 Å². The molecule has 1 saturated heterocycles. The van der Waals surface area contributed by atoms with Crippen LogP contribution in [0.15, 0.2) is 16.7 Å². The second kappa shape index (κ2) is 4.67. The van der Waals surface area contributed by atoms with Gasteiger partial charge >= 0.3 is 5.97 Å². The first-order valence-corrected chi connectivity index (χ1v) is 5.39. The number of rotatable bonds is 3. The van der Waals surface area contributed by atoms with Crippen molar-refractivity contribution in [2.24, 2.45) is 0 Å². The van der Waals surface area contributed by atoms with Crippen molar-refractivity contribution in [2.75, 3.05) is 19.6 Å². The van der Waals surface area contributed by atoms with E-state index in [4.69, 9.17) is 9.52 Å². The Labute approximate surface area is 94.0 Å². The van der Waals surface area contributed by atoms with Crippen LogP contribution in [-0.4, -0.2) is 41.7 Å². The van der Waals surface area contributed by atoms with Gasteiger partial charge in [-0.15, -0.1) is 0 Å². The van der Waals surface area contributed by atoms with Crippen molar-refractivity contribution in [3.05, 3.63) is 23.7 Å². The van der Waals surface area contributed by atoms with Gasteiger partial charge in [0.15, 0.2) is 0 Å². The van der Waals surface area contributed by atoms with Crippen LogP contribution in [0.5, 0.6) is 0 Å². The van der Waals surface area contributed by atoms with Crippen LogP contribution in [0.3, 0.4) is 0 Å². The van der Waals surface area contributed by atoms with Crippen molar-refractivity contribution in [1.82, 2.24) is 10.2 Å². The van der Waals surface area contributed by atoms with Gasteiger partial charge in [-0.3, -0.25) is 9.69 Å². The minimum Gasteiger partial charge on any atom is -0.480 e. The third kappa shape index (κ3) is 2.25. The van der Waals surface area contributed by atoms with Gasteiger partial charge in [-0.25, -0.2) is 0 Å². The molecule has 16 heavy (non-hydrogen) atoms. The molecule has 1 aliphatic heterocycles. The Hall–Kier alpha value is -1.33. The summed E-state index contributed by atoms with van der Waals surface area (Å²) in [6.07, 6.45) is 1.64. The molecule has 1 aromatic rings. The molecule has 2 N–H and O–H groups in total. The predicted octanol–water partition coefficient (Wildman–Crippen LogP) is 0.446. The van der Waals surface area contributed by atoms with Gasteiger partial charge in [-0.2, -0.15) is 0 Å². The number of furan rings is 1. The number of nitrogens with one attached hydrogen (secondary N) is 1. The number of nitrogens with zero attached hydrogens (tertiary/aromatic N) is 1. The Bertz CT molecular complexity index is 375. The maximum absolute atomic E-state index is 11.1. The van der Waals surface area contributed by atoms with E-state index in [0.29, 0.717) is 13.1 Å². The lowest BCUT2D eigenvalue weighted by molar-refractivity contribution is -0.144. The molecule has 0 bridgehead atoms. The molecular formula is C11H16N2O3. The van der Waals surface area contributed by atoms with Gasteiger partial charge < -0.3 is 14.8 Å². The van der Waals surface area contributed by atoms with Gasteiger partial charge in [-0.1, -0.05) is 0 Å². The Kier molecular flexibility index (Phi) is 3.26.